The van der Waals surface area contributed by atoms with Gasteiger partial charge in [-0.2, -0.15) is 0 Å². The number of imidazole rings is 1. The molecular formula is C15H19N3O3S. The Labute approximate surface area is 129 Å². The second-order valence-electron chi connectivity index (χ2n) is 5.91. The number of rotatable bonds is 1. The highest BCUT2D eigenvalue weighted by atomic mass is 32.2. The van der Waals surface area contributed by atoms with Gasteiger partial charge in [0.25, 0.3) is 5.91 Å². The van der Waals surface area contributed by atoms with Crippen LogP contribution >= 0.6 is 0 Å². The van der Waals surface area contributed by atoms with E-state index in [1.54, 1.807) is 22.6 Å². The molecular weight excluding hydrogens is 302 g/mol. The van der Waals surface area contributed by atoms with E-state index in [0.717, 1.165) is 11.1 Å². The molecule has 1 unspecified atom stereocenters. The van der Waals surface area contributed by atoms with Crippen molar-refractivity contribution < 1.29 is 13.2 Å². The number of hydrogen-bond donors (Lipinski definition) is 0. The number of pyridine rings is 1. The van der Waals surface area contributed by atoms with Crippen LogP contribution in [0.25, 0.3) is 5.52 Å². The Balaban J connectivity index is 1.97. The maximum Gasteiger partial charge on any atom is 0.274 e. The van der Waals surface area contributed by atoms with Crippen LogP contribution in [0.2, 0.25) is 0 Å². The van der Waals surface area contributed by atoms with E-state index < -0.39 is 9.84 Å². The molecule has 0 saturated carbocycles. The zero-order chi connectivity index (χ0) is 15.9. The van der Waals surface area contributed by atoms with Crippen molar-refractivity contribution in [1.82, 2.24) is 14.3 Å². The summed E-state index contributed by atoms with van der Waals surface area (Å²) in [6.45, 7) is 4.19. The van der Waals surface area contributed by atoms with Gasteiger partial charge in [-0.05, 0) is 38.0 Å². The van der Waals surface area contributed by atoms with Gasteiger partial charge >= 0.3 is 0 Å². The van der Waals surface area contributed by atoms with E-state index >= 15 is 0 Å². The van der Waals surface area contributed by atoms with E-state index in [0.29, 0.717) is 18.7 Å². The van der Waals surface area contributed by atoms with Gasteiger partial charge in [-0.25, -0.2) is 13.4 Å². The van der Waals surface area contributed by atoms with Crippen molar-refractivity contribution >= 4 is 21.3 Å². The Morgan fingerprint density at radius 2 is 2.18 bits per heavy atom. The summed E-state index contributed by atoms with van der Waals surface area (Å²) < 4.78 is 25.5. The molecule has 1 amide bonds. The zero-order valence-corrected chi connectivity index (χ0v) is 13.5. The average molecular weight is 321 g/mol. The monoisotopic (exact) mass is 321 g/mol. The van der Waals surface area contributed by atoms with Crippen LogP contribution in [0, 0.1) is 6.92 Å². The molecule has 1 fully saturated rings. The van der Waals surface area contributed by atoms with Crippen molar-refractivity contribution in [3.05, 3.63) is 35.9 Å². The third-order valence-corrected chi connectivity index (χ3v) is 5.94. The fraction of sp³-hybridized carbons (Fsp3) is 0.467. The normalized spacial score (nSPS) is 21.7. The van der Waals surface area contributed by atoms with Gasteiger partial charge in [0.2, 0.25) is 0 Å². The van der Waals surface area contributed by atoms with E-state index in [2.05, 4.69) is 4.98 Å². The molecule has 118 valence electrons. The quantitative estimate of drug-likeness (QED) is 0.793. The van der Waals surface area contributed by atoms with Crippen LogP contribution in [0.5, 0.6) is 0 Å². The molecule has 0 radical (unpaired) electrons. The Morgan fingerprint density at radius 3 is 2.95 bits per heavy atom. The highest BCUT2D eigenvalue weighted by Crippen LogP contribution is 2.18. The first-order valence-corrected chi connectivity index (χ1v) is 9.14. The van der Waals surface area contributed by atoms with Crippen LogP contribution in [0.3, 0.4) is 0 Å². The number of aryl methyl sites for hydroxylation is 1. The van der Waals surface area contributed by atoms with Crippen molar-refractivity contribution in [2.75, 3.05) is 18.1 Å². The Morgan fingerprint density at radius 1 is 1.41 bits per heavy atom. The molecule has 0 aromatic carbocycles. The first kappa shape index (κ1) is 15.0. The van der Waals surface area contributed by atoms with Crippen LogP contribution in [0.1, 0.15) is 29.4 Å². The summed E-state index contributed by atoms with van der Waals surface area (Å²) in [5.41, 5.74) is 2.19. The standard InChI is InChI=1S/C15H19N3O3S/c1-11-4-6-17-10-16-14(13(17)8-11)15(19)18-5-3-7-22(20,21)9-12(18)2/h4,6,8,10,12H,3,5,7,9H2,1-2H3. The summed E-state index contributed by atoms with van der Waals surface area (Å²) in [6.07, 6.45) is 3.95. The molecule has 2 aromatic heterocycles. The molecule has 22 heavy (non-hydrogen) atoms. The Hall–Kier alpha value is -1.89. The van der Waals surface area contributed by atoms with E-state index in [-0.39, 0.29) is 23.5 Å². The number of aromatic nitrogens is 2. The van der Waals surface area contributed by atoms with E-state index in [4.69, 9.17) is 0 Å². The third-order valence-electron chi connectivity index (χ3n) is 4.04. The first-order chi connectivity index (χ1) is 10.4. The maximum absolute atomic E-state index is 12.8. The van der Waals surface area contributed by atoms with Crippen molar-refractivity contribution in [1.29, 1.82) is 0 Å². The zero-order valence-electron chi connectivity index (χ0n) is 12.7. The summed E-state index contributed by atoms with van der Waals surface area (Å²) in [5.74, 6) is -0.0361. The van der Waals surface area contributed by atoms with Gasteiger partial charge in [-0.1, -0.05) is 0 Å². The number of sulfone groups is 1. The molecule has 6 nitrogen and oxygen atoms in total. The molecule has 2 aromatic rings. The van der Waals surface area contributed by atoms with Crippen molar-refractivity contribution in [3.63, 3.8) is 0 Å². The van der Waals surface area contributed by atoms with Crippen molar-refractivity contribution in [3.8, 4) is 0 Å². The fourth-order valence-corrected chi connectivity index (χ4v) is 4.56. The number of fused-ring (bicyclic) bond motifs is 1. The smallest absolute Gasteiger partial charge is 0.274 e. The number of amides is 1. The number of carbonyl (C=O) groups is 1. The lowest BCUT2D eigenvalue weighted by Gasteiger charge is -2.25. The van der Waals surface area contributed by atoms with Gasteiger partial charge in [0, 0.05) is 18.8 Å². The van der Waals surface area contributed by atoms with E-state index in [9.17, 15) is 13.2 Å². The number of nitrogens with zero attached hydrogens (tertiary/aromatic N) is 3. The van der Waals surface area contributed by atoms with E-state index in [1.807, 2.05) is 25.3 Å². The predicted molar refractivity (Wildman–Crippen MR) is 83.7 cm³/mol. The van der Waals surface area contributed by atoms with Crippen LogP contribution in [0.15, 0.2) is 24.7 Å². The summed E-state index contributed by atoms with van der Waals surface area (Å²) in [5, 5.41) is 0. The molecule has 7 heteroatoms. The molecule has 0 spiro atoms. The predicted octanol–water partition coefficient (Wildman–Crippen LogP) is 1.29. The summed E-state index contributed by atoms with van der Waals surface area (Å²) in [7, 11) is -3.07. The largest absolute Gasteiger partial charge is 0.333 e. The second-order valence-corrected chi connectivity index (χ2v) is 8.13. The Bertz CT molecular complexity index is 826. The molecule has 1 saturated heterocycles. The van der Waals surface area contributed by atoms with Crippen molar-refractivity contribution in [2.45, 2.75) is 26.3 Å². The Kier molecular flexibility index (Phi) is 3.68. The molecule has 0 bridgehead atoms. The van der Waals surface area contributed by atoms with Gasteiger partial charge in [0.05, 0.1) is 17.0 Å². The van der Waals surface area contributed by atoms with Crippen molar-refractivity contribution in [2.24, 2.45) is 0 Å². The van der Waals surface area contributed by atoms with Gasteiger partial charge in [0.1, 0.15) is 6.33 Å². The van der Waals surface area contributed by atoms with Crippen LogP contribution in [-0.2, 0) is 9.84 Å². The van der Waals surface area contributed by atoms with Crippen LogP contribution in [-0.4, -0.2) is 52.7 Å². The highest BCUT2D eigenvalue weighted by Gasteiger charge is 2.30. The van der Waals surface area contributed by atoms with Crippen LogP contribution < -0.4 is 0 Å². The molecule has 1 aliphatic heterocycles. The minimum Gasteiger partial charge on any atom is -0.333 e. The molecule has 3 rings (SSSR count). The SMILES string of the molecule is Cc1ccn2cnc(C(=O)N3CCCS(=O)(=O)CC3C)c2c1. The summed E-state index contributed by atoms with van der Waals surface area (Å²) in [6, 6.07) is 3.53. The van der Waals surface area contributed by atoms with Gasteiger partial charge in [-0.15, -0.1) is 0 Å². The van der Waals surface area contributed by atoms with Gasteiger partial charge in [0.15, 0.2) is 15.5 Å². The maximum atomic E-state index is 12.8. The average Bonchev–Trinajstić information content (AvgIpc) is 2.78. The third kappa shape index (κ3) is 2.72. The van der Waals surface area contributed by atoms with E-state index in [1.165, 1.54) is 0 Å². The summed E-state index contributed by atoms with van der Waals surface area (Å²) in [4.78, 5) is 18.7. The lowest BCUT2D eigenvalue weighted by atomic mass is 10.2. The summed E-state index contributed by atoms with van der Waals surface area (Å²) >= 11 is 0. The lowest BCUT2D eigenvalue weighted by molar-refractivity contribution is 0.0709. The molecule has 0 N–H and O–H groups in total. The van der Waals surface area contributed by atoms with Gasteiger partial charge in [-0.3, -0.25) is 4.79 Å². The topological polar surface area (TPSA) is 71.8 Å². The molecule has 3 heterocycles. The number of hydrogen-bond acceptors (Lipinski definition) is 4. The molecule has 0 aliphatic carbocycles. The van der Waals surface area contributed by atoms with Gasteiger partial charge < -0.3 is 9.30 Å². The van der Waals surface area contributed by atoms with Crippen LogP contribution in [0.4, 0.5) is 0 Å². The minimum absolute atomic E-state index is 0.0174. The lowest BCUT2D eigenvalue weighted by Crippen LogP contribution is -2.41. The minimum atomic E-state index is -3.07. The molecule has 1 atom stereocenters. The highest BCUT2D eigenvalue weighted by molar-refractivity contribution is 7.91. The fourth-order valence-electron chi connectivity index (χ4n) is 2.91. The molecule has 1 aliphatic rings. The second kappa shape index (κ2) is 5.39. The number of carbonyl (C=O) groups excluding carboxylic acids is 1. The first-order valence-electron chi connectivity index (χ1n) is 7.32.